The molecule has 0 unspecified atom stereocenters. The molecule has 94 valence electrons. The van der Waals surface area contributed by atoms with E-state index in [1.165, 1.54) is 0 Å². The van der Waals surface area contributed by atoms with Gasteiger partial charge in [-0.15, -0.1) is 0 Å². The Morgan fingerprint density at radius 2 is 1.39 bits per heavy atom. The smallest absolute Gasteiger partial charge is 0.338 e. The number of esters is 1. The molecule has 2 rings (SSSR count). The van der Waals surface area contributed by atoms with Crippen molar-refractivity contribution in [2.45, 2.75) is 20.5 Å². The Bertz CT molecular complexity index is 449. The zero-order valence-electron chi connectivity index (χ0n) is 10.8. The van der Waals surface area contributed by atoms with Crippen molar-refractivity contribution in [3.63, 3.8) is 0 Å². The van der Waals surface area contributed by atoms with Crippen LogP contribution in [0.5, 0.6) is 0 Å². The van der Waals surface area contributed by atoms with Gasteiger partial charge in [0, 0.05) is 0 Å². The summed E-state index contributed by atoms with van der Waals surface area (Å²) in [5, 5.41) is 0. The van der Waals surface area contributed by atoms with Crippen molar-refractivity contribution in [2.24, 2.45) is 0 Å². The maximum Gasteiger partial charge on any atom is 0.338 e. The van der Waals surface area contributed by atoms with Crippen LogP contribution in [0.15, 0.2) is 60.7 Å². The van der Waals surface area contributed by atoms with Crippen molar-refractivity contribution in [3.8, 4) is 0 Å². The van der Waals surface area contributed by atoms with E-state index in [0.717, 1.165) is 5.56 Å². The highest BCUT2D eigenvalue weighted by Crippen LogP contribution is 2.05. The summed E-state index contributed by atoms with van der Waals surface area (Å²) in [5.41, 5.74) is 1.57. The lowest BCUT2D eigenvalue weighted by atomic mass is 10.2. The van der Waals surface area contributed by atoms with E-state index >= 15 is 0 Å². The summed E-state index contributed by atoms with van der Waals surface area (Å²) < 4.78 is 5.18. The summed E-state index contributed by atoms with van der Waals surface area (Å²) in [6.45, 7) is 4.31. The van der Waals surface area contributed by atoms with Crippen LogP contribution in [0.2, 0.25) is 0 Å². The zero-order valence-corrected chi connectivity index (χ0v) is 10.8. The van der Waals surface area contributed by atoms with Crippen molar-refractivity contribution in [1.82, 2.24) is 0 Å². The Morgan fingerprint density at radius 1 is 0.889 bits per heavy atom. The molecule has 0 aliphatic rings. The number of benzene rings is 2. The highest BCUT2D eigenvalue weighted by molar-refractivity contribution is 5.89. The summed E-state index contributed by atoms with van der Waals surface area (Å²) >= 11 is 0. The summed E-state index contributed by atoms with van der Waals surface area (Å²) in [4.78, 5) is 11.6. The third-order valence-electron chi connectivity index (χ3n) is 2.22. The first-order valence-electron chi connectivity index (χ1n) is 6.12. The van der Waals surface area contributed by atoms with Crippen LogP contribution >= 0.6 is 0 Å². The first-order chi connectivity index (χ1) is 8.86. The standard InChI is InChI=1S/C14H12O2.C2H6/c15-14(13-9-5-2-6-10-13)16-11-12-7-3-1-4-8-12;1-2/h1-10H,11H2;1-2H3. The molecule has 0 radical (unpaired) electrons. The van der Waals surface area contributed by atoms with Gasteiger partial charge in [-0.3, -0.25) is 0 Å². The van der Waals surface area contributed by atoms with Crippen LogP contribution in [-0.2, 0) is 11.3 Å². The highest BCUT2D eigenvalue weighted by atomic mass is 16.5. The molecule has 0 aliphatic heterocycles. The van der Waals surface area contributed by atoms with Crippen LogP contribution in [0.1, 0.15) is 29.8 Å². The molecule has 0 bridgehead atoms. The summed E-state index contributed by atoms with van der Waals surface area (Å²) in [6, 6.07) is 18.6. The van der Waals surface area contributed by atoms with Crippen LogP contribution in [0, 0.1) is 0 Å². The Morgan fingerprint density at radius 3 is 1.94 bits per heavy atom. The van der Waals surface area contributed by atoms with Gasteiger partial charge in [0.2, 0.25) is 0 Å². The van der Waals surface area contributed by atoms with E-state index in [0.29, 0.717) is 12.2 Å². The minimum Gasteiger partial charge on any atom is -0.457 e. The fourth-order valence-corrected chi connectivity index (χ4v) is 1.38. The summed E-state index contributed by atoms with van der Waals surface area (Å²) in [6.07, 6.45) is 0. The highest BCUT2D eigenvalue weighted by Gasteiger charge is 2.05. The lowest BCUT2D eigenvalue weighted by molar-refractivity contribution is 0.0472. The summed E-state index contributed by atoms with van der Waals surface area (Å²) in [7, 11) is 0. The summed E-state index contributed by atoms with van der Waals surface area (Å²) in [5.74, 6) is -0.288. The van der Waals surface area contributed by atoms with E-state index in [-0.39, 0.29) is 5.97 Å². The monoisotopic (exact) mass is 242 g/mol. The Labute approximate surface area is 108 Å². The molecule has 18 heavy (non-hydrogen) atoms. The lowest BCUT2D eigenvalue weighted by Gasteiger charge is -2.04. The first kappa shape index (κ1) is 14.0. The third-order valence-corrected chi connectivity index (χ3v) is 2.22. The van der Waals surface area contributed by atoms with Gasteiger partial charge in [-0.1, -0.05) is 62.4 Å². The lowest BCUT2D eigenvalue weighted by Crippen LogP contribution is -2.04. The van der Waals surface area contributed by atoms with Crippen LogP contribution in [-0.4, -0.2) is 5.97 Å². The van der Waals surface area contributed by atoms with E-state index in [1.807, 2.05) is 62.4 Å². The normalized spacial score (nSPS) is 9.00. The molecule has 0 heterocycles. The molecule has 0 N–H and O–H groups in total. The number of hydrogen-bond donors (Lipinski definition) is 0. The zero-order chi connectivity index (χ0) is 13.2. The van der Waals surface area contributed by atoms with Gasteiger partial charge in [-0.25, -0.2) is 4.79 Å². The van der Waals surface area contributed by atoms with Crippen LogP contribution < -0.4 is 0 Å². The molecule has 0 saturated carbocycles. The van der Waals surface area contributed by atoms with E-state index in [1.54, 1.807) is 12.1 Å². The van der Waals surface area contributed by atoms with Crippen molar-refractivity contribution in [1.29, 1.82) is 0 Å². The van der Waals surface area contributed by atoms with E-state index < -0.39 is 0 Å². The van der Waals surface area contributed by atoms with Crippen LogP contribution in [0.4, 0.5) is 0 Å². The largest absolute Gasteiger partial charge is 0.457 e. The second kappa shape index (κ2) is 8.07. The Hall–Kier alpha value is -2.09. The quantitative estimate of drug-likeness (QED) is 0.758. The van der Waals surface area contributed by atoms with Gasteiger partial charge >= 0.3 is 5.97 Å². The van der Waals surface area contributed by atoms with Crippen LogP contribution in [0.25, 0.3) is 0 Å². The van der Waals surface area contributed by atoms with Gasteiger partial charge in [0.1, 0.15) is 6.61 Å². The Kier molecular flexibility index (Phi) is 6.26. The van der Waals surface area contributed by atoms with Crippen molar-refractivity contribution < 1.29 is 9.53 Å². The van der Waals surface area contributed by atoms with Gasteiger partial charge in [0.15, 0.2) is 0 Å². The molecule has 0 aromatic heterocycles. The van der Waals surface area contributed by atoms with E-state index in [2.05, 4.69) is 0 Å². The molecule has 0 fully saturated rings. The molecular weight excluding hydrogens is 224 g/mol. The van der Waals surface area contributed by atoms with Gasteiger partial charge in [-0.05, 0) is 17.7 Å². The topological polar surface area (TPSA) is 26.3 Å². The number of carbonyl (C=O) groups excluding carboxylic acids is 1. The number of hydrogen-bond acceptors (Lipinski definition) is 2. The SMILES string of the molecule is CC.O=C(OCc1ccccc1)c1ccccc1. The van der Waals surface area contributed by atoms with Crippen LogP contribution in [0.3, 0.4) is 0 Å². The maximum atomic E-state index is 11.6. The molecule has 2 nitrogen and oxygen atoms in total. The molecule has 2 aromatic carbocycles. The fourth-order valence-electron chi connectivity index (χ4n) is 1.38. The van der Waals surface area contributed by atoms with E-state index in [4.69, 9.17) is 4.74 Å². The third kappa shape index (κ3) is 4.42. The molecule has 0 amide bonds. The second-order valence-corrected chi connectivity index (χ2v) is 3.43. The predicted molar refractivity (Wildman–Crippen MR) is 73.4 cm³/mol. The molecule has 0 saturated heterocycles. The molecule has 0 atom stereocenters. The van der Waals surface area contributed by atoms with Crippen molar-refractivity contribution >= 4 is 5.97 Å². The van der Waals surface area contributed by atoms with Crippen molar-refractivity contribution in [3.05, 3.63) is 71.8 Å². The molecule has 2 heteroatoms. The number of rotatable bonds is 3. The predicted octanol–water partition coefficient (Wildman–Crippen LogP) is 4.07. The van der Waals surface area contributed by atoms with E-state index in [9.17, 15) is 4.79 Å². The van der Waals surface area contributed by atoms with Crippen molar-refractivity contribution in [2.75, 3.05) is 0 Å². The minimum absolute atomic E-state index is 0.288. The number of carbonyl (C=O) groups is 1. The average molecular weight is 242 g/mol. The first-order valence-corrected chi connectivity index (χ1v) is 6.12. The van der Waals surface area contributed by atoms with Gasteiger partial charge in [0.25, 0.3) is 0 Å². The average Bonchev–Trinajstić information content (AvgIpc) is 2.49. The van der Waals surface area contributed by atoms with Gasteiger partial charge in [-0.2, -0.15) is 0 Å². The van der Waals surface area contributed by atoms with Gasteiger partial charge in [0.05, 0.1) is 5.56 Å². The molecule has 0 aliphatic carbocycles. The fraction of sp³-hybridized carbons (Fsp3) is 0.188. The maximum absolute atomic E-state index is 11.6. The minimum atomic E-state index is -0.288. The molecular formula is C16H18O2. The molecule has 2 aromatic rings. The number of ether oxygens (including phenoxy) is 1. The Balaban J connectivity index is 0.000000771. The molecule has 0 spiro atoms. The second-order valence-electron chi connectivity index (χ2n) is 3.43. The van der Waals surface area contributed by atoms with Gasteiger partial charge < -0.3 is 4.74 Å².